The standard InChI is InChI=1S/C30H19N5O12S/c31-15-2-1-12-8-24(48(45,46)47)25(26(36)17(12)9-15)35-34-23-4-3-22(18-10-20(29(41)42)21(30(43)44)11-19(18)23)33-32-16-6-13(27(37)38)5-14(7-16)28(39)40/h1-11,36H,31H2,(H,37,38)(H,39,40)(H,41,42)(H,43,44)(H,45,46,47). The third-order valence-electron chi connectivity index (χ3n) is 6.87. The second kappa shape index (κ2) is 12.2. The van der Waals surface area contributed by atoms with E-state index >= 15 is 0 Å². The summed E-state index contributed by atoms with van der Waals surface area (Å²) in [6.07, 6.45) is 0. The Labute approximate surface area is 267 Å². The zero-order valence-electron chi connectivity index (χ0n) is 23.8. The zero-order chi connectivity index (χ0) is 35.1. The highest BCUT2D eigenvalue weighted by Gasteiger charge is 2.23. The highest BCUT2D eigenvalue weighted by Crippen LogP contribution is 2.43. The van der Waals surface area contributed by atoms with Gasteiger partial charge in [-0.1, -0.05) is 6.07 Å². The van der Waals surface area contributed by atoms with E-state index < -0.39 is 72.6 Å². The van der Waals surface area contributed by atoms with Crippen molar-refractivity contribution >= 4 is 84.0 Å². The number of carboxylic acid groups (broad SMARTS) is 4. The molecular weight excluding hydrogens is 654 g/mol. The number of anilines is 1. The van der Waals surface area contributed by atoms with Gasteiger partial charge in [-0.15, -0.1) is 15.3 Å². The van der Waals surface area contributed by atoms with Gasteiger partial charge < -0.3 is 31.3 Å². The Hall–Kier alpha value is -6.79. The van der Waals surface area contributed by atoms with Crippen LogP contribution in [0.3, 0.4) is 0 Å². The summed E-state index contributed by atoms with van der Waals surface area (Å²) in [4.78, 5) is 46.1. The molecule has 48 heavy (non-hydrogen) atoms. The van der Waals surface area contributed by atoms with Crippen molar-refractivity contribution in [3.8, 4) is 5.75 Å². The fourth-order valence-corrected chi connectivity index (χ4v) is 5.33. The summed E-state index contributed by atoms with van der Waals surface area (Å²) < 4.78 is 34.3. The number of carboxylic acids is 4. The van der Waals surface area contributed by atoms with E-state index in [1.807, 2.05) is 0 Å². The largest absolute Gasteiger partial charge is 0.505 e. The molecule has 8 N–H and O–H groups in total. The third kappa shape index (κ3) is 6.32. The van der Waals surface area contributed by atoms with Crippen LogP contribution in [0.15, 0.2) is 92.1 Å². The molecule has 0 spiro atoms. The van der Waals surface area contributed by atoms with Crippen LogP contribution in [-0.2, 0) is 10.1 Å². The van der Waals surface area contributed by atoms with Gasteiger partial charge in [-0.25, -0.2) is 19.2 Å². The van der Waals surface area contributed by atoms with Gasteiger partial charge >= 0.3 is 23.9 Å². The van der Waals surface area contributed by atoms with Crippen molar-refractivity contribution in [3.05, 3.63) is 89.0 Å². The molecule has 0 atom stereocenters. The lowest BCUT2D eigenvalue weighted by Gasteiger charge is -2.11. The van der Waals surface area contributed by atoms with Crippen molar-refractivity contribution < 1.29 is 57.7 Å². The molecule has 5 aromatic carbocycles. The fraction of sp³-hybridized carbons (Fsp3) is 0. The van der Waals surface area contributed by atoms with E-state index in [-0.39, 0.29) is 44.3 Å². The molecule has 0 aliphatic heterocycles. The van der Waals surface area contributed by atoms with Crippen LogP contribution in [0.25, 0.3) is 21.5 Å². The average molecular weight is 674 g/mol. The summed E-state index contributed by atoms with van der Waals surface area (Å²) in [5.41, 5.74) is 2.65. The van der Waals surface area contributed by atoms with Crippen molar-refractivity contribution in [1.29, 1.82) is 0 Å². The van der Waals surface area contributed by atoms with Gasteiger partial charge in [0.15, 0.2) is 5.75 Å². The molecule has 0 saturated carbocycles. The number of aromatic hydroxyl groups is 1. The van der Waals surface area contributed by atoms with Crippen LogP contribution in [0.2, 0.25) is 0 Å². The number of nitrogens with zero attached hydrogens (tertiary/aromatic N) is 4. The number of fused-ring (bicyclic) bond motifs is 2. The van der Waals surface area contributed by atoms with Crippen molar-refractivity contribution in [1.82, 2.24) is 0 Å². The minimum absolute atomic E-state index is 0.0641. The number of benzene rings is 5. The molecule has 242 valence electrons. The van der Waals surface area contributed by atoms with E-state index in [1.54, 1.807) is 0 Å². The summed E-state index contributed by atoms with van der Waals surface area (Å²) >= 11 is 0. The molecule has 0 unspecified atom stereocenters. The molecule has 0 amide bonds. The number of nitrogens with two attached hydrogens (primary N) is 1. The van der Waals surface area contributed by atoms with Gasteiger partial charge in [0.1, 0.15) is 10.6 Å². The molecule has 0 fully saturated rings. The Bertz CT molecular complexity index is 2390. The van der Waals surface area contributed by atoms with Crippen LogP contribution < -0.4 is 5.73 Å². The van der Waals surface area contributed by atoms with Gasteiger partial charge in [0.05, 0.1) is 39.3 Å². The van der Waals surface area contributed by atoms with E-state index in [0.717, 1.165) is 36.4 Å². The first-order chi connectivity index (χ1) is 22.5. The lowest BCUT2D eigenvalue weighted by molar-refractivity contribution is 0.0652. The molecule has 0 bridgehead atoms. The van der Waals surface area contributed by atoms with Gasteiger partial charge in [-0.3, -0.25) is 4.55 Å². The molecule has 0 saturated heterocycles. The minimum Gasteiger partial charge on any atom is -0.505 e. The molecule has 0 aliphatic rings. The van der Waals surface area contributed by atoms with Gasteiger partial charge in [-0.2, -0.15) is 13.5 Å². The molecule has 0 radical (unpaired) electrons. The number of hydrogen-bond donors (Lipinski definition) is 7. The van der Waals surface area contributed by atoms with E-state index in [4.69, 9.17) is 5.73 Å². The minimum atomic E-state index is -4.98. The predicted molar refractivity (Wildman–Crippen MR) is 166 cm³/mol. The molecule has 0 heterocycles. The van der Waals surface area contributed by atoms with Gasteiger partial charge in [-0.05, 0) is 66.0 Å². The topological polar surface area (TPSA) is 299 Å². The van der Waals surface area contributed by atoms with Crippen molar-refractivity contribution in [3.63, 3.8) is 0 Å². The van der Waals surface area contributed by atoms with E-state index in [1.165, 1.54) is 30.3 Å². The number of phenols is 1. The first kappa shape index (κ1) is 32.6. The molecule has 17 nitrogen and oxygen atoms in total. The molecular formula is C30H19N5O12S. The Balaban J connectivity index is 1.74. The number of aromatic carboxylic acids is 4. The van der Waals surface area contributed by atoms with Crippen molar-refractivity contribution in [2.24, 2.45) is 20.5 Å². The molecule has 5 rings (SSSR count). The Kier molecular flexibility index (Phi) is 8.28. The molecule has 5 aromatic rings. The van der Waals surface area contributed by atoms with Crippen LogP contribution in [0.5, 0.6) is 5.75 Å². The summed E-state index contributed by atoms with van der Waals surface area (Å²) in [6.45, 7) is 0. The smallest absolute Gasteiger partial charge is 0.336 e. The summed E-state index contributed by atoms with van der Waals surface area (Å²) in [5.74, 6) is -6.85. The highest BCUT2D eigenvalue weighted by atomic mass is 32.2. The maximum absolute atomic E-state index is 12.2. The van der Waals surface area contributed by atoms with E-state index in [0.29, 0.717) is 0 Å². The maximum atomic E-state index is 12.2. The highest BCUT2D eigenvalue weighted by molar-refractivity contribution is 7.86. The zero-order valence-corrected chi connectivity index (χ0v) is 24.6. The van der Waals surface area contributed by atoms with Gasteiger partial charge in [0, 0.05) is 21.8 Å². The number of hydrogen-bond acceptors (Lipinski definition) is 12. The Morgan fingerprint density at radius 2 is 1.12 bits per heavy atom. The maximum Gasteiger partial charge on any atom is 0.336 e. The number of rotatable bonds is 9. The summed E-state index contributed by atoms with van der Waals surface area (Å²) in [5, 5.41) is 64.9. The fourth-order valence-electron chi connectivity index (χ4n) is 4.67. The van der Waals surface area contributed by atoms with Crippen LogP contribution >= 0.6 is 0 Å². The van der Waals surface area contributed by atoms with Gasteiger partial charge in [0.25, 0.3) is 10.1 Å². The van der Waals surface area contributed by atoms with Crippen molar-refractivity contribution in [2.75, 3.05) is 5.73 Å². The van der Waals surface area contributed by atoms with Crippen molar-refractivity contribution in [2.45, 2.75) is 4.90 Å². The number of phenolic OH excluding ortho intramolecular Hbond substituents is 1. The van der Waals surface area contributed by atoms with Crippen LogP contribution in [0.1, 0.15) is 41.4 Å². The lowest BCUT2D eigenvalue weighted by Crippen LogP contribution is -2.08. The molecule has 0 aromatic heterocycles. The Morgan fingerprint density at radius 1 is 0.604 bits per heavy atom. The first-order valence-corrected chi connectivity index (χ1v) is 14.5. The van der Waals surface area contributed by atoms with E-state index in [9.17, 15) is 57.7 Å². The summed E-state index contributed by atoms with van der Waals surface area (Å²) in [6, 6.07) is 12.5. The third-order valence-corrected chi connectivity index (χ3v) is 7.73. The molecule has 0 aliphatic carbocycles. The van der Waals surface area contributed by atoms with E-state index in [2.05, 4.69) is 20.5 Å². The molecule has 18 heteroatoms. The van der Waals surface area contributed by atoms with Crippen LogP contribution in [0.4, 0.5) is 28.4 Å². The SMILES string of the molecule is Nc1ccc2cc(S(=O)(=O)O)c(N=Nc3ccc(N=Nc4cc(C(=O)O)cc(C(=O)O)c4)c4cc(C(=O)O)c(C(=O)O)cc34)c(O)c2c1. The lowest BCUT2D eigenvalue weighted by atomic mass is 9.98. The monoisotopic (exact) mass is 673 g/mol. The number of nitrogen functional groups attached to an aromatic ring is 1. The quantitative estimate of drug-likeness (QED) is 0.0525. The number of azo groups is 2. The summed E-state index contributed by atoms with van der Waals surface area (Å²) in [7, 11) is -4.98. The van der Waals surface area contributed by atoms with Crippen LogP contribution in [-0.4, -0.2) is 62.4 Å². The average Bonchev–Trinajstić information content (AvgIpc) is 3.02. The second-order valence-electron chi connectivity index (χ2n) is 9.96. The number of carbonyl (C=O) groups is 4. The Morgan fingerprint density at radius 3 is 1.60 bits per heavy atom. The van der Waals surface area contributed by atoms with Gasteiger partial charge in [0.2, 0.25) is 0 Å². The van der Waals surface area contributed by atoms with Crippen LogP contribution in [0, 0.1) is 0 Å². The normalized spacial score (nSPS) is 11.9. The first-order valence-electron chi connectivity index (χ1n) is 13.1. The second-order valence-corrected chi connectivity index (χ2v) is 11.4. The predicted octanol–water partition coefficient (Wildman–Crippen LogP) is 6.15.